The molecule has 2 N–H and O–H groups in total. The lowest BCUT2D eigenvalue weighted by molar-refractivity contribution is 0.102. The number of ether oxygens (including phenoxy) is 1. The van der Waals surface area contributed by atoms with Gasteiger partial charge in [-0.2, -0.15) is 5.10 Å². The second-order valence-corrected chi connectivity index (χ2v) is 7.76. The maximum Gasteiger partial charge on any atom is 0.411 e. The molecule has 1 aromatic heterocycles. The number of halogens is 1. The van der Waals surface area contributed by atoms with Crippen molar-refractivity contribution in [2.24, 2.45) is 0 Å². The van der Waals surface area contributed by atoms with Crippen molar-refractivity contribution in [1.29, 1.82) is 0 Å². The second-order valence-electron chi connectivity index (χ2n) is 7.76. The molecule has 4 aromatic rings. The Morgan fingerprint density at radius 2 is 1.74 bits per heavy atom. The summed E-state index contributed by atoms with van der Waals surface area (Å²) in [7, 11) is 1.18. The van der Waals surface area contributed by atoms with E-state index in [1.54, 1.807) is 10.9 Å². The first-order valence-corrected chi connectivity index (χ1v) is 10.5. The van der Waals surface area contributed by atoms with Crippen LogP contribution in [0.15, 0.2) is 72.9 Å². The van der Waals surface area contributed by atoms with Crippen LogP contribution in [0.3, 0.4) is 0 Å². The fourth-order valence-electron chi connectivity index (χ4n) is 3.59. The van der Waals surface area contributed by atoms with Crippen molar-refractivity contribution in [2.45, 2.75) is 13.8 Å². The van der Waals surface area contributed by atoms with Crippen LogP contribution >= 0.6 is 0 Å². The van der Waals surface area contributed by atoms with Crippen molar-refractivity contribution >= 4 is 23.4 Å². The normalized spacial score (nSPS) is 10.6. The third-order valence-corrected chi connectivity index (χ3v) is 5.26. The van der Waals surface area contributed by atoms with Crippen molar-refractivity contribution in [3.8, 4) is 16.9 Å². The lowest BCUT2D eigenvalue weighted by Crippen LogP contribution is -2.15. The Morgan fingerprint density at radius 3 is 2.44 bits per heavy atom. The molecular formula is C26H23FN4O3. The van der Waals surface area contributed by atoms with Crippen LogP contribution in [-0.4, -0.2) is 28.9 Å². The van der Waals surface area contributed by atoms with Gasteiger partial charge in [-0.1, -0.05) is 42.0 Å². The number of aryl methyl sites for hydroxylation is 2. The average molecular weight is 458 g/mol. The molecule has 1 heterocycles. The number of anilines is 2. The van der Waals surface area contributed by atoms with E-state index >= 15 is 0 Å². The van der Waals surface area contributed by atoms with E-state index in [2.05, 4.69) is 15.4 Å². The highest BCUT2D eigenvalue weighted by molar-refractivity contribution is 6.08. The fraction of sp³-hybridized carbons (Fsp3) is 0.115. The lowest BCUT2D eigenvalue weighted by Gasteiger charge is -2.10. The number of hydrogen-bond acceptors (Lipinski definition) is 4. The van der Waals surface area contributed by atoms with E-state index in [-0.39, 0.29) is 5.69 Å². The van der Waals surface area contributed by atoms with Crippen LogP contribution < -0.4 is 10.6 Å². The molecule has 0 aliphatic heterocycles. The van der Waals surface area contributed by atoms with Gasteiger partial charge in [0.05, 0.1) is 24.0 Å². The SMILES string of the molecule is COC(=O)Nc1cc(NC(=O)c2cn(-c3ccccc3)nc2-c2ccc(C)cc2C)ccc1F. The Hall–Kier alpha value is -4.46. The van der Waals surface area contributed by atoms with Crippen LogP contribution in [-0.2, 0) is 4.74 Å². The van der Waals surface area contributed by atoms with E-state index in [4.69, 9.17) is 5.10 Å². The highest BCUT2D eigenvalue weighted by Crippen LogP contribution is 2.29. The number of carbonyl (C=O) groups is 2. The van der Waals surface area contributed by atoms with Crippen molar-refractivity contribution in [1.82, 2.24) is 9.78 Å². The van der Waals surface area contributed by atoms with Gasteiger partial charge in [-0.3, -0.25) is 10.1 Å². The number of nitrogens with one attached hydrogen (secondary N) is 2. The van der Waals surface area contributed by atoms with Crippen molar-refractivity contribution in [2.75, 3.05) is 17.7 Å². The summed E-state index contributed by atoms with van der Waals surface area (Å²) in [5.41, 5.74) is 4.79. The van der Waals surface area contributed by atoms with Crippen LogP contribution in [0.1, 0.15) is 21.5 Å². The third-order valence-electron chi connectivity index (χ3n) is 5.26. The zero-order valence-corrected chi connectivity index (χ0v) is 18.9. The number of benzene rings is 3. The average Bonchev–Trinajstić information content (AvgIpc) is 3.27. The zero-order valence-electron chi connectivity index (χ0n) is 18.9. The molecule has 3 aromatic carbocycles. The number of amides is 2. The van der Waals surface area contributed by atoms with Crippen LogP contribution in [0.25, 0.3) is 16.9 Å². The number of hydrogen-bond donors (Lipinski definition) is 2. The summed E-state index contributed by atoms with van der Waals surface area (Å²) in [6.45, 7) is 3.97. The molecule has 0 aliphatic carbocycles. The Bertz CT molecular complexity index is 1370. The minimum absolute atomic E-state index is 0.112. The highest BCUT2D eigenvalue weighted by Gasteiger charge is 2.21. The molecule has 0 atom stereocenters. The van der Waals surface area contributed by atoms with Gasteiger partial charge in [0, 0.05) is 17.4 Å². The smallest absolute Gasteiger partial charge is 0.411 e. The number of carbonyl (C=O) groups excluding carboxylic acids is 2. The molecule has 8 heteroatoms. The quantitative estimate of drug-likeness (QED) is 0.400. The van der Waals surface area contributed by atoms with E-state index in [1.807, 2.05) is 62.4 Å². The molecule has 0 fully saturated rings. The first-order chi connectivity index (χ1) is 16.4. The molecule has 0 saturated heterocycles. The fourth-order valence-corrected chi connectivity index (χ4v) is 3.59. The van der Waals surface area contributed by atoms with E-state index in [0.29, 0.717) is 16.9 Å². The van der Waals surface area contributed by atoms with Gasteiger partial charge in [0.2, 0.25) is 0 Å². The van der Waals surface area contributed by atoms with Crippen molar-refractivity contribution in [3.05, 3.63) is 95.4 Å². The van der Waals surface area contributed by atoms with Gasteiger partial charge in [-0.25, -0.2) is 13.9 Å². The number of rotatable bonds is 5. The molecule has 2 amide bonds. The number of methoxy groups -OCH3 is 1. The van der Waals surface area contributed by atoms with Crippen LogP contribution in [0.5, 0.6) is 0 Å². The van der Waals surface area contributed by atoms with Gasteiger partial charge in [0.1, 0.15) is 11.5 Å². The molecule has 0 bridgehead atoms. The van der Waals surface area contributed by atoms with Gasteiger partial charge in [0.15, 0.2) is 0 Å². The Kier molecular flexibility index (Phi) is 6.40. The Morgan fingerprint density at radius 1 is 0.971 bits per heavy atom. The monoisotopic (exact) mass is 458 g/mol. The zero-order chi connectivity index (χ0) is 24.2. The summed E-state index contributed by atoms with van der Waals surface area (Å²) >= 11 is 0. The number of aromatic nitrogens is 2. The third kappa shape index (κ3) is 4.80. The summed E-state index contributed by atoms with van der Waals surface area (Å²) < 4.78 is 20.2. The van der Waals surface area contributed by atoms with Crippen molar-refractivity contribution in [3.63, 3.8) is 0 Å². The summed E-state index contributed by atoms with van der Waals surface area (Å²) in [5, 5.41) is 9.77. The van der Waals surface area contributed by atoms with Gasteiger partial charge in [-0.05, 0) is 49.7 Å². The van der Waals surface area contributed by atoms with Crippen LogP contribution in [0.4, 0.5) is 20.6 Å². The summed E-state index contributed by atoms with van der Waals surface area (Å²) in [6.07, 6.45) is 0.847. The summed E-state index contributed by atoms with van der Waals surface area (Å²) in [4.78, 5) is 24.8. The van der Waals surface area contributed by atoms with E-state index in [9.17, 15) is 14.0 Å². The molecule has 0 radical (unpaired) electrons. The molecule has 172 valence electrons. The second kappa shape index (κ2) is 9.58. The molecule has 4 rings (SSSR count). The standard InChI is InChI=1S/C26H23FN4O3/c1-16-9-11-20(17(2)13-16)24-21(15-31(30-24)19-7-5-4-6-8-19)25(32)28-18-10-12-22(27)23(14-18)29-26(33)34-3/h4-15H,1-3H3,(H,28,32)(H,29,33). The molecule has 0 spiro atoms. The van der Waals surface area contributed by atoms with Crippen molar-refractivity contribution < 1.29 is 18.7 Å². The molecular weight excluding hydrogens is 435 g/mol. The summed E-state index contributed by atoms with van der Waals surface area (Å²) in [6, 6.07) is 19.3. The van der Waals surface area contributed by atoms with E-state index < -0.39 is 17.8 Å². The van der Waals surface area contributed by atoms with Crippen LogP contribution in [0, 0.1) is 19.7 Å². The van der Waals surface area contributed by atoms with Gasteiger partial charge in [-0.15, -0.1) is 0 Å². The van der Waals surface area contributed by atoms with Gasteiger partial charge in [0.25, 0.3) is 5.91 Å². The maximum atomic E-state index is 14.1. The minimum atomic E-state index is -0.816. The lowest BCUT2D eigenvalue weighted by atomic mass is 10.0. The number of nitrogens with zero attached hydrogens (tertiary/aromatic N) is 2. The molecule has 7 nitrogen and oxygen atoms in total. The van der Waals surface area contributed by atoms with E-state index in [0.717, 1.165) is 28.4 Å². The molecule has 0 aliphatic rings. The molecule has 0 unspecified atom stereocenters. The van der Waals surface area contributed by atoms with Gasteiger partial charge < -0.3 is 10.1 Å². The predicted molar refractivity (Wildman–Crippen MR) is 129 cm³/mol. The highest BCUT2D eigenvalue weighted by atomic mass is 19.1. The van der Waals surface area contributed by atoms with Crippen LogP contribution in [0.2, 0.25) is 0 Å². The first kappa shape index (κ1) is 22.7. The molecule has 0 saturated carbocycles. The Balaban J connectivity index is 1.73. The predicted octanol–water partition coefficient (Wildman–Crippen LogP) is 5.73. The van der Waals surface area contributed by atoms with E-state index in [1.165, 1.54) is 19.2 Å². The Labute approximate surface area is 196 Å². The minimum Gasteiger partial charge on any atom is -0.453 e. The topological polar surface area (TPSA) is 85.3 Å². The number of para-hydroxylation sites is 1. The molecule has 34 heavy (non-hydrogen) atoms. The summed E-state index contributed by atoms with van der Waals surface area (Å²) in [5.74, 6) is -1.08. The largest absolute Gasteiger partial charge is 0.453 e. The maximum absolute atomic E-state index is 14.1. The first-order valence-electron chi connectivity index (χ1n) is 10.5. The van der Waals surface area contributed by atoms with Gasteiger partial charge >= 0.3 is 6.09 Å².